The minimum absolute atomic E-state index is 0.157. The maximum atomic E-state index is 12.1. The lowest BCUT2D eigenvalue weighted by molar-refractivity contribution is 0.0694. The van der Waals surface area contributed by atoms with Crippen LogP contribution in [0.15, 0.2) is 12.1 Å². The Morgan fingerprint density at radius 1 is 0.594 bits per heavy atom. The predicted octanol–water partition coefficient (Wildman–Crippen LogP) is 8.45. The fraction of sp³-hybridized carbons (Fsp3) is 0.714. The quantitative estimate of drug-likeness (QED) is 0.197. The number of unbranched alkanes of at least 4 members (excludes halogenated alkanes) is 14. The standard InChI is InChI=1S/C28H46O4/c1-3-5-7-9-11-13-15-17-19-23-21-22-25(27(29)30)24(26(23)28(31)32)20-18-16-14-12-10-8-6-4-2/h21-22H,3-20H2,1-2H3,(H,29,30)(H,31,32). The average Bonchev–Trinajstić information content (AvgIpc) is 2.76. The van der Waals surface area contributed by atoms with Crippen LogP contribution in [0.4, 0.5) is 0 Å². The molecular formula is C28H46O4. The Balaban J connectivity index is 2.65. The minimum Gasteiger partial charge on any atom is -0.478 e. The van der Waals surface area contributed by atoms with E-state index in [9.17, 15) is 19.8 Å². The second-order valence-electron chi connectivity index (χ2n) is 9.19. The summed E-state index contributed by atoms with van der Waals surface area (Å²) in [7, 11) is 0. The first-order valence-corrected chi connectivity index (χ1v) is 13.1. The maximum Gasteiger partial charge on any atom is 0.336 e. The second-order valence-corrected chi connectivity index (χ2v) is 9.19. The normalized spacial score (nSPS) is 11.1. The van der Waals surface area contributed by atoms with Crippen molar-refractivity contribution in [3.05, 3.63) is 34.4 Å². The van der Waals surface area contributed by atoms with E-state index in [1.165, 1.54) is 70.6 Å². The van der Waals surface area contributed by atoms with Crippen molar-refractivity contribution in [1.29, 1.82) is 0 Å². The van der Waals surface area contributed by atoms with Gasteiger partial charge in [0.25, 0.3) is 0 Å². The van der Waals surface area contributed by atoms with Gasteiger partial charge in [0, 0.05) is 0 Å². The van der Waals surface area contributed by atoms with E-state index in [1.54, 1.807) is 12.1 Å². The summed E-state index contributed by atoms with van der Waals surface area (Å²) in [5, 5.41) is 19.5. The van der Waals surface area contributed by atoms with Crippen LogP contribution in [0.1, 0.15) is 148 Å². The van der Waals surface area contributed by atoms with E-state index in [0.29, 0.717) is 18.4 Å². The van der Waals surface area contributed by atoms with E-state index in [0.717, 1.165) is 37.7 Å². The van der Waals surface area contributed by atoms with Crippen molar-refractivity contribution in [2.45, 2.75) is 129 Å². The number of hydrogen-bond donors (Lipinski definition) is 2. The van der Waals surface area contributed by atoms with E-state index < -0.39 is 11.9 Å². The highest BCUT2D eigenvalue weighted by Crippen LogP contribution is 2.25. The van der Waals surface area contributed by atoms with Gasteiger partial charge in [0.2, 0.25) is 0 Å². The van der Waals surface area contributed by atoms with Crippen LogP contribution in [-0.4, -0.2) is 22.2 Å². The zero-order chi connectivity index (χ0) is 23.6. The van der Waals surface area contributed by atoms with Crippen LogP contribution in [0.3, 0.4) is 0 Å². The zero-order valence-corrected chi connectivity index (χ0v) is 20.6. The Kier molecular flexibility index (Phi) is 15.6. The molecule has 2 N–H and O–H groups in total. The molecular weight excluding hydrogens is 400 g/mol. The summed E-state index contributed by atoms with van der Waals surface area (Å²) in [5.41, 5.74) is 1.72. The molecule has 4 heteroatoms. The largest absolute Gasteiger partial charge is 0.478 e. The Bertz CT molecular complexity index is 666. The molecule has 0 spiro atoms. The molecule has 0 heterocycles. The molecule has 0 radical (unpaired) electrons. The SMILES string of the molecule is CCCCCCCCCCc1ccc(C(=O)O)c(CCCCCCCCCC)c1C(=O)O. The molecule has 0 aliphatic rings. The van der Waals surface area contributed by atoms with Crippen molar-refractivity contribution >= 4 is 11.9 Å². The molecule has 0 atom stereocenters. The molecule has 0 fully saturated rings. The van der Waals surface area contributed by atoms with Crippen LogP contribution < -0.4 is 0 Å². The minimum atomic E-state index is -1.03. The lowest BCUT2D eigenvalue weighted by atomic mass is 9.89. The van der Waals surface area contributed by atoms with Crippen LogP contribution >= 0.6 is 0 Å². The fourth-order valence-corrected chi connectivity index (χ4v) is 4.52. The van der Waals surface area contributed by atoms with Gasteiger partial charge in [0.05, 0.1) is 11.1 Å². The van der Waals surface area contributed by atoms with Crippen LogP contribution in [0.25, 0.3) is 0 Å². The lowest BCUT2D eigenvalue weighted by Crippen LogP contribution is -2.13. The number of rotatable bonds is 20. The van der Waals surface area contributed by atoms with Crippen molar-refractivity contribution in [3.63, 3.8) is 0 Å². The molecule has 4 nitrogen and oxygen atoms in total. The molecule has 32 heavy (non-hydrogen) atoms. The number of aromatic carboxylic acids is 2. The third kappa shape index (κ3) is 11.2. The van der Waals surface area contributed by atoms with E-state index in [4.69, 9.17) is 0 Å². The molecule has 0 aliphatic heterocycles. The number of aryl methyl sites for hydroxylation is 1. The summed E-state index contributed by atoms with van der Waals surface area (Å²) < 4.78 is 0. The van der Waals surface area contributed by atoms with Gasteiger partial charge >= 0.3 is 11.9 Å². The van der Waals surface area contributed by atoms with Gasteiger partial charge in [-0.3, -0.25) is 0 Å². The monoisotopic (exact) mass is 446 g/mol. The Morgan fingerprint density at radius 3 is 1.47 bits per heavy atom. The fourth-order valence-electron chi connectivity index (χ4n) is 4.52. The molecule has 0 aliphatic carbocycles. The summed E-state index contributed by atoms with van der Waals surface area (Å²) >= 11 is 0. The van der Waals surface area contributed by atoms with Gasteiger partial charge in [-0.1, -0.05) is 110 Å². The molecule has 0 saturated heterocycles. The number of carbonyl (C=O) groups is 2. The van der Waals surface area contributed by atoms with E-state index >= 15 is 0 Å². The summed E-state index contributed by atoms with van der Waals surface area (Å²) in [6.45, 7) is 4.43. The second kappa shape index (κ2) is 17.7. The van der Waals surface area contributed by atoms with Gasteiger partial charge in [-0.05, 0) is 42.9 Å². The smallest absolute Gasteiger partial charge is 0.336 e. The van der Waals surface area contributed by atoms with Crippen molar-refractivity contribution in [2.24, 2.45) is 0 Å². The van der Waals surface area contributed by atoms with Gasteiger partial charge in [-0.25, -0.2) is 9.59 Å². The predicted molar refractivity (Wildman–Crippen MR) is 133 cm³/mol. The Hall–Kier alpha value is -1.84. The molecule has 0 bridgehead atoms. The van der Waals surface area contributed by atoms with Crippen LogP contribution in [0.2, 0.25) is 0 Å². The topological polar surface area (TPSA) is 74.6 Å². The highest BCUT2D eigenvalue weighted by atomic mass is 16.4. The number of carboxylic acids is 2. The van der Waals surface area contributed by atoms with Gasteiger partial charge < -0.3 is 10.2 Å². The van der Waals surface area contributed by atoms with E-state index in [-0.39, 0.29) is 11.1 Å². The number of hydrogen-bond acceptors (Lipinski definition) is 2. The van der Waals surface area contributed by atoms with Crippen molar-refractivity contribution in [1.82, 2.24) is 0 Å². The van der Waals surface area contributed by atoms with E-state index in [2.05, 4.69) is 13.8 Å². The zero-order valence-electron chi connectivity index (χ0n) is 20.6. The molecule has 0 aromatic heterocycles. The molecule has 1 aromatic rings. The van der Waals surface area contributed by atoms with E-state index in [1.807, 2.05) is 0 Å². The van der Waals surface area contributed by atoms with Crippen molar-refractivity contribution in [2.75, 3.05) is 0 Å². The highest BCUT2D eigenvalue weighted by Gasteiger charge is 2.21. The molecule has 0 unspecified atom stereocenters. The summed E-state index contributed by atoms with van der Waals surface area (Å²) in [6, 6.07) is 3.35. The van der Waals surface area contributed by atoms with Gasteiger partial charge in [0.1, 0.15) is 0 Å². The lowest BCUT2D eigenvalue weighted by Gasteiger charge is -2.15. The van der Waals surface area contributed by atoms with Crippen LogP contribution in [-0.2, 0) is 12.8 Å². The Labute approximate surface area is 195 Å². The molecule has 0 saturated carbocycles. The third-order valence-electron chi connectivity index (χ3n) is 6.42. The molecule has 182 valence electrons. The van der Waals surface area contributed by atoms with Gasteiger partial charge in [-0.15, -0.1) is 0 Å². The number of carboxylic acid groups (broad SMARTS) is 2. The first-order chi connectivity index (χ1) is 15.5. The average molecular weight is 447 g/mol. The van der Waals surface area contributed by atoms with Gasteiger partial charge in [0.15, 0.2) is 0 Å². The van der Waals surface area contributed by atoms with Crippen molar-refractivity contribution in [3.8, 4) is 0 Å². The van der Waals surface area contributed by atoms with Crippen LogP contribution in [0, 0.1) is 0 Å². The van der Waals surface area contributed by atoms with Crippen LogP contribution in [0.5, 0.6) is 0 Å². The van der Waals surface area contributed by atoms with Crippen molar-refractivity contribution < 1.29 is 19.8 Å². The first-order valence-electron chi connectivity index (χ1n) is 13.1. The van der Waals surface area contributed by atoms with Gasteiger partial charge in [-0.2, -0.15) is 0 Å². The number of benzene rings is 1. The summed E-state index contributed by atoms with van der Waals surface area (Å²) in [4.78, 5) is 23.9. The summed E-state index contributed by atoms with van der Waals surface area (Å²) in [5.74, 6) is -2.02. The summed E-state index contributed by atoms with van der Waals surface area (Å²) in [6.07, 6.45) is 20.1. The first kappa shape index (κ1) is 28.2. The third-order valence-corrected chi connectivity index (χ3v) is 6.42. The molecule has 1 aromatic carbocycles. The molecule has 1 rings (SSSR count). The molecule has 0 amide bonds. The highest BCUT2D eigenvalue weighted by molar-refractivity contribution is 5.97. The maximum absolute atomic E-state index is 12.1. The Morgan fingerprint density at radius 2 is 1.03 bits per heavy atom.